The molecule has 2 aromatic heterocycles. The molecule has 2 rings (SSSR count). The number of ether oxygens (including phenoxy) is 1. The molecule has 2 heterocycles. The van der Waals surface area contributed by atoms with Crippen molar-refractivity contribution in [2.45, 2.75) is 33.1 Å². The Hall–Kier alpha value is -2.02. The van der Waals surface area contributed by atoms with Crippen LogP contribution in [0.3, 0.4) is 0 Å². The Morgan fingerprint density at radius 3 is 2.96 bits per heavy atom. The lowest BCUT2D eigenvalue weighted by Crippen LogP contribution is -2.25. The predicted molar refractivity (Wildman–Crippen MR) is 89.4 cm³/mol. The monoisotopic (exact) mass is 335 g/mol. The van der Waals surface area contributed by atoms with Crippen molar-refractivity contribution >= 4 is 17.7 Å². The van der Waals surface area contributed by atoms with Gasteiger partial charge in [-0.05, 0) is 26.8 Å². The van der Waals surface area contributed by atoms with Gasteiger partial charge in [0.15, 0.2) is 0 Å². The zero-order chi connectivity index (χ0) is 16.7. The van der Waals surface area contributed by atoms with Crippen molar-refractivity contribution in [3.63, 3.8) is 0 Å². The van der Waals surface area contributed by atoms with Crippen LogP contribution >= 0.6 is 11.8 Å². The first-order chi connectivity index (χ1) is 11.1. The van der Waals surface area contributed by atoms with E-state index in [-0.39, 0.29) is 5.91 Å². The molecular formula is C16H21N3O3S. The highest BCUT2D eigenvalue weighted by molar-refractivity contribution is 7.99. The number of carbonyl (C=O) groups excluding carboxylic acids is 1. The van der Waals surface area contributed by atoms with E-state index in [1.54, 1.807) is 6.20 Å². The van der Waals surface area contributed by atoms with E-state index in [0.717, 1.165) is 22.6 Å². The smallest absolute Gasteiger partial charge is 0.230 e. The van der Waals surface area contributed by atoms with Crippen molar-refractivity contribution in [2.24, 2.45) is 0 Å². The van der Waals surface area contributed by atoms with Crippen molar-refractivity contribution in [1.82, 2.24) is 15.5 Å². The van der Waals surface area contributed by atoms with Gasteiger partial charge in [-0.15, -0.1) is 11.8 Å². The minimum atomic E-state index is -0.0203. The van der Waals surface area contributed by atoms with Crippen LogP contribution in [0, 0.1) is 13.8 Å². The Bertz CT molecular complexity index is 638. The highest BCUT2D eigenvalue weighted by Crippen LogP contribution is 2.19. The molecule has 0 atom stereocenters. The number of hydrogen-bond donors (Lipinski definition) is 1. The molecular weight excluding hydrogens is 314 g/mol. The van der Waals surface area contributed by atoms with E-state index in [0.29, 0.717) is 30.5 Å². The fourth-order valence-electron chi connectivity index (χ4n) is 2.02. The highest BCUT2D eigenvalue weighted by atomic mass is 32.2. The van der Waals surface area contributed by atoms with E-state index in [4.69, 9.17) is 9.26 Å². The van der Waals surface area contributed by atoms with Crippen LogP contribution in [0.4, 0.5) is 0 Å². The van der Waals surface area contributed by atoms with Crippen LogP contribution in [0.25, 0.3) is 0 Å². The largest absolute Gasteiger partial charge is 0.478 e. The number of nitrogens with zero attached hydrogens (tertiary/aromatic N) is 2. The molecule has 0 aromatic carbocycles. The van der Waals surface area contributed by atoms with Crippen molar-refractivity contribution in [2.75, 3.05) is 12.4 Å². The standard InChI is InChI=1S/C16H21N3O3S/c1-4-21-16-13(6-5-7-17-16)8-18-15(20)10-23-9-14-11(2)19-22-12(14)3/h5-7H,4,8-10H2,1-3H3,(H,18,20). The van der Waals surface area contributed by atoms with Crippen molar-refractivity contribution in [1.29, 1.82) is 0 Å². The summed E-state index contributed by atoms with van der Waals surface area (Å²) in [7, 11) is 0. The third-order valence-electron chi connectivity index (χ3n) is 3.27. The lowest BCUT2D eigenvalue weighted by molar-refractivity contribution is -0.118. The van der Waals surface area contributed by atoms with Gasteiger partial charge >= 0.3 is 0 Å². The second kappa shape index (κ2) is 8.57. The van der Waals surface area contributed by atoms with Gasteiger partial charge in [-0.25, -0.2) is 4.98 Å². The van der Waals surface area contributed by atoms with E-state index in [1.807, 2.05) is 32.9 Å². The summed E-state index contributed by atoms with van der Waals surface area (Å²) in [6.07, 6.45) is 1.68. The molecule has 0 unspecified atom stereocenters. The molecule has 0 aliphatic carbocycles. The maximum absolute atomic E-state index is 12.0. The van der Waals surface area contributed by atoms with E-state index in [2.05, 4.69) is 15.5 Å². The fraction of sp³-hybridized carbons (Fsp3) is 0.438. The van der Waals surface area contributed by atoms with Gasteiger partial charge in [-0.2, -0.15) is 0 Å². The Kier molecular flexibility index (Phi) is 6.46. The van der Waals surface area contributed by atoms with Crippen LogP contribution in [0.5, 0.6) is 5.88 Å². The van der Waals surface area contributed by atoms with Gasteiger partial charge < -0.3 is 14.6 Å². The first kappa shape index (κ1) is 17.3. The second-order valence-electron chi connectivity index (χ2n) is 4.97. The summed E-state index contributed by atoms with van der Waals surface area (Å²) in [5, 5.41) is 6.80. The molecule has 6 nitrogen and oxygen atoms in total. The van der Waals surface area contributed by atoms with Gasteiger partial charge in [-0.3, -0.25) is 4.79 Å². The molecule has 124 valence electrons. The zero-order valence-corrected chi connectivity index (χ0v) is 14.4. The molecule has 0 saturated heterocycles. The summed E-state index contributed by atoms with van der Waals surface area (Å²) >= 11 is 1.54. The molecule has 0 saturated carbocycles. The average molecular weight is 335 g/mol. The number of rotatable bonds is 8. The Labute approximate surface area is 140 Å². The summed E-state index contributed by atoms with van der Waals surface area (Å²) in [4.78, 5) is 16.1. The summed E-state index contributed by atoms with van der Waals surface area (Å²) in [6.45, 7) is 6.65. The molecule has 0 radical (unpaired) electrons. The van der Waals surface area contributed by atoms with Crippen LogP contribution in [-0.2, 0) is 17.1 Å². The molecule has 1 N–H and O–H groups in total. The van der Waals surface area contributed by atoms with E-state index >= 15 is 0 Å². The second-order valence-corrected chi connectivity index (χ2v) is 5.96. The normalized spacial score (nSPS) is 10.6. The number of hydrogen-bond acceptors (Lipinski definition) is 6. The number of carbonyl (C=O) groups is 1. The van der Waals surface area contributed by atoms with Crippen LogP contribution < -0.4 is 10.1 Å². The molecule has 0 fully saturated rings. The van der Waals surface area contributed by atoms with E-state index < -0.39 is 0 Å². The summed E-state index contributed by atoms with van der Waals surface area (Å²) < 4.78 is 10.6. The number of aryl methyl sites for hydroxylation is 2. The molecule has 0 aliphatic heterocycles. The third kappa shape index (κ3) is 4.99. The minimum Gasteiger partial charge on any atom is -0.478 e. The SMILES string of the molecule is CCOc1ncccc1CNC(=O)CSCc1c(C)noc1C. The Morgan fingerprint density at radius 1 is 1.43 bits per heavy atom. The molecule has 0 bridgehead atoms. The van der Waals surface area contributed by atoms with Crippen molar-refractivity contribution < 1.29 is 14.1 Å². The van der Waals surface area contributed by atoms with Gasteiger partial charge in [0.05, 0.1) is 18.1 Å². The summed E-state index contributed by atoms with van der Waals surface area (Å²) in [6, 6.07) is 3.73. The maximum Gasteiger partial charge on any atom is 0.230 e. The first-order valence-electron chi connectivity index (χ1n) is 7.44. The van der Waals surface area contributed by atoms with E-state index in [9.17, 15) is 4.79 Å². The number of aromatic nitrogens is 2. The lowest BCUT2D eigenvalue weighted by atomic mass is 10.2. The molecule has 7 heteroatoms. The number of pyridine rings is 1. The van der Waals surface area contributed by atoms with Crippen LogP contribution in [0.1, 0.15) is 29.5 Å². The first-order valence-corrected chi connectivity index (χ1v) is 8.60. The fourth-order valence-corrected chi connectivity index (χ4v) is 3.03. The van der Waals surface area contributed by atoms with Gasteiger partial charge in [0.25, 0.3) is 0 Å². The number of amides is 1. The summed E-state index contributed by atoms with van der Waals surface area (Å²) in [5.74, 6) is 2.46. The number of thioether (sulfide) groups is 1. The van der Waals surface area contributed by atoms with Gasteiger partial charge in [-0.1, -0.05) is 11.2 Å². The van der Waals surface area contributed by atoms with Gasteiger partial charge in [0.1, 0.15) is 5.76 Å². The number of nitrogens with one attached hydrogen (secondary N) is 1. The molecule has 2 aromatic rings. The van der Waals surface area contributed by atoms with Gasteiger partial charge in [0.2, 0.25) is 11.8 Å². The Balaban J connectivity index is 1.77. The van der Waals surface area contributed by atoms with Crippen LogP contribution in [0.15, 0.2) is 22.9 Å². The molecule has 1 amide bonds. The third-order valence-corrected chi connectivity index (χ3v) is 4.23. The zero-order valence-electron chi connectivity index (χ0n) is 13.6. The van der Waals surface area contributed by atoms with Crippen LogP contribution in [0.2, 0.25) is 0 Å². The molecule has 0 spiro atoms. The molecule has 23 heavy (non-hydrogen) atoms. The molecule has 0 aliphatic rings. The minimum absolute atomic E-state index is 0.0203. The highest BCUT2D eigenvalue weighted by Gasteiger charge is 2.11. The van der Waals surface area contributed by atoms with Crippen molar-refractivity contribution in [3.05, 3.63) is 40.9 Å². The Morgan fingerprint density at radius 2 is 2.26 bits per heavy atom. The average Bonchev–Trinajstić information content (AvgIpc) is 2.86. The van der Waals surface area contributed by atoms with Gasteiger partial charge in [0, 0.05) is 29.6 Å². The predicted octanol–water partition coefficient (Wildman–Crippen LogP) is 2.63. The van der Waals surface area contributed by atoms with Crippen LogP contribution in [-0.4, -0.2) is 28.4 Å². The topological polar surface area (TPSA) is 77.2 Å². The maximum atomic E-state index is 12.0. The lowest BCUT2D eigenvalue weighted by Gasteiger charge is -2.09. The van der Waals surface area contributed by atoms with Crippen molar-refractivity contribution in [3.8, 4) is 5.88 Å². The summed E-state index contributed by atoms with van der Waals surface area (Å²) in [5.41, 5.74) is 2.82. The van der Waals surface area contributed by atoms with E-state index in [1.165, 1.54) is 11.8 Å². The quantitative estimate of drug-likeness (QED) is 0.799.